The average Bonchev–Trinajstić information content (AvgIpc) is 2.86. The molecule has 0 bridgehead atoms. The van der Waals surface area contributed by atoms with Crippen LogP contribution in [0.4, 0.5) is 0 Å². The fourth-order valence-corrected chi connectivity index (χ4v) is 2.53. The number of H-pyrrole nitrogens is 1. The van der Waals surface area contributed by atoms with E-state index in [4.69, 9.17) is 9.84 Å². The van der Waals surface area contributed by atoms with Crippen LogP contribution in [0.2, 0.25) is 0 Å². The van der Waals surface area contributed by atoms with E-state index in [0.29, 0.717) is 29.9 Å². The molecular weight excluding hydrogens is 256 g/mol. The van der Waals surface area contributed by atoms with E-state index in [-0.39, 0.29) is 18.3 Å². The lowest BCUT2D eigenvalue weighted by atomic mass is 10.1. The minimum atomic E-state index is -0.248. The minimum absolute atomic E-state index is 0.0592. The molecule has 0 saturated heterocycles. The quantitative estimate of drug-likeness (QED) is 0.883. The summed E-state index contributed by atoms with van der Waals surface area (Å²) in [4.78, 5) is 19.2. The van der Waals surface area contributed by atoms with Crippen LogP contribution in [0, 0.1) is 6.92 Å². The van der Waals surface area contributed by atoms with Gasteiger partial charge < -0.3 is 14.8 Å². The number of ether oxygens (including phenoxy) is 1. The third-order valence-electron chi connectivity index (χ3n) is 3.55. The van der Waals surface area contributed by atoms with E-state index in [9.17, 15) is 4.79 Å². The molecule has 2 N–H and O–H groups in total. The van der Waals surface area contributed by atoms with Crippen LogP contribution in [0.15, 0.2) is 29.1 Å². The number of rotatable bonds is 3. The van der Waals surface area contributed by atoms with Gasteiger partial charge in [0.15, 0.2) is 11.9 Å². The van der Waals surface area contributed by atoms with E-state index in [1.807, 2.05) is 24.3 Å². The fraction of sp³-hybridized carbons (Fsp3) is 0.333. The first kappa shape index (κ1) is 12.9. The summed E-state index contributed by atoms with van der Waals surface area (Å²) in [6, 6.07) is 7.82. The Hall–Kier alpha value is -2.14. The second-order valence-corrected chi connectivity index (χ2v) is 4.91. The highest BCUT2D eigenvalue weighted by atomic mass is 16.5. The van der Waals surface area contributed by atoms with Crippen LogP contribution in [0.3, 0.4) is 0 Å². The zero-order valence-corrected chi connectivity index (χ0v) is 11.2. The maximum Gasteiger partial charge on any atom is 0.254 e. The number of nitrogens with zero attached hydrogens (tertiary/aromatic N) is 1. The van der Waals surface area contributed by atoms with Gasteiger partial charge in [-0.15, -0.1) is 0 Å². The smallest absolute Gasteiger partial charge is 0.254 e. The lowest BCUT2D eigenvalue weighted by molar-refractivity contribution is 0.226. The summed E-state index contributed by atoms with van der Waals surface area (Å²) in [5, 5.41) is 8.96. The number of benzene rings is 1. The molecule has 0 aliphatic carbocycles. The molecule has 0 fully saturated rings. The highest BCUT2D eigenvalue weighted by Crippen LogP contribution is 2.34. The highest BCUT2D eigenvalue weighted by molar-refractivity contribution is 5.38. The van der Waals surface area contributed by atoms with Crippen molar-refractivity contribution in [1.82, 2.24) is 9.97 Å². The number of aliphatic hydroxyl groups is 1. The van der Waals surface area contributed by atoms with Crippen molar-refractivity contribution < 1.29 is 9.84 Å². The molecule has 1 unspecified atom stereocenters. The maximum absolute atomic E-state index is 12.0. The molecule has 5 nitrogen and oxygen atoms in total. The average molecular weight is 272 g/mol. The Bertz CT molecular complexity index is 669. The largest absolute Gasteiger partial charge is 0.482 e. The number of aryl methyl sites for hydroxylation is 1. The number of hydrogen-bond donors (Lipinski definition) is 2. The van der Waals surface area contributed by atoms with Crippen molar-refractivity contribution in [2.45, 2.75) is 25.9 Å². The second-order valence-electron chi connectivity index (χ2n) is 4.91. The van der Waals surface area contributed by atoms with Gasteiger partial charge in [-0.25, -0.2) is 4.98 Å². The third kappa shape index (κ3) is 2.20. The molecule has 1 atom stereocenters. The first-order chi connectivity index (χ1) is 9.69. The summed E-state index contributed by atoms with van der Waals surface area (Å²) in [5.74, 6) is 1.39. The van der Waals surface area contributed by atoms with Gasteiger partial charge in [0.2, 0.25) is 0 Å². The van der Waals surface area contributed by atoms with Gasteiger partial charge in [0.25, 0.3) is 5.56 Å². The first-order valence-electron chi connectivity index (χ1n) is 6.64. The molecule has 1 aliphatic rings. The Morgan fingerprint density at radius 2 is 2.25 bits per heavy atom. The standard InChI is InChI=1S/C15H16N2O3/c1-9-11(6-7-18)15(19)17-14(16-9)13-8-10-4-2-3-5-12(10)20-13/h2-5,13,18H,6-8H2,1H3,(H,16,17,19). The van der Waals surface area contributed by atoms with Crippen molar-refractivity contribution in [2.75, 3.05) is 6.61 Å². The monoisotopic (exact) mass is 272 g/mol. The lowest BCUT2D eigenvalue weighted by Gasteiger charge is -2.12. The number of para-hydroxylation sites is 1. The van der Waals surface area contributed by atoms with Crippen molar-refractivity contribution in [3.8, 4) is 5.75 Å². The summed E-state index contributed by atoms with van der Waals surface area (Å²) >= 11 is 0. The molecule has 2 heterocycles. The number of aliphatic hydroxyl groups excluding tert-OH is 1. The van der Waals surface area contributed by atoms with Crippen LogP contribution >= 0.6 is 0 Å². The van der Waals surface area contributed by atoms with Crippen LogP contribution in [-0.4, -0.2) is 21.7 Å². The molecule has 3 rings (SSSR count). The highest BCUT2D eigenvalue weighted by Gasteiger charge is 2.26. The Labute approximate surface area is 116 Å². The fourth-order valence-electron chi connectivity index (χ4n) is 2.53. The summed E-state index contributed by atoms with van der Waals surface area (Å²) in [6.45, 7) is 1.72. The zero-order chi connectivity index (χ0) is 14.1. The molecule has 1 aromatic heterocycles. The van der Waals surface area contributed by atoms with Gasteiger partial charge in [0.1, 0.15) is 5.75 Å². The lowest BCUT2D eigenvalue weighted by Crippen LogP contribution is -2.22. The van der Waals surface area contributed by atoms with Gasteiger partial charge in [-0.3, -0.25) is 4.79 Å². The molecule has 2 aromatic rings. The number of aromatic amines is 1. The molecule has 104 valence electrons. The van der Waals surface area contributed by atoms with Crippen LogP contribution in [0.1, 0.15) is 28.7 Å². The Morgan fingerprint density at radius 1 is 1.45 bits per heavy atom. The minimum Gasteiger partial charge on any atom is -0.482 e. The summed E-state index contributed by atoms with van der Waals surface area (Å²) < 4.78 is 5.82. The van der Waals surface area contributed by atoms with Gasteiger partial charge in [-0.05, 0) is 18.6 Å². The summed E-state index contributed by atoms with van der Waals surface area (Å²) in [7, 11) is 0. The van der Waals surface area contributed by atoms with Gasteiger partial charge in [-0.1, -0.05) is 18.2 Å². The van der Waals surface area contributed by atoms with E-state index in [0.717, 1.165) is 11.3 Å². The Kier molecular flexibility index (Phi) is 3.28. The van der Waals surface area contributed by atoms with E-state index >= 15 is 0 Å². The van der Waals surface area contributed by atoms with Crippen molar-refractivity contribution >= 4 is 0 Å². The maximum atomic E-state index is 12.0. The SMILES string of the molecule is Cc1nc(C2Cc3ccccc3O2)[nH]c(=O)c1CCO. The first-order valence-corrected chi connectivity index (χ1v) is 6.64. The number of fused-ring (bicyclic) bond motifs is 1. The molecule has 5 heteroatoms. The van der Waals surface area contributed by atoms with Crippen molar-refractivity contribution in [3.05, 3.63) is 57.3 Å². The number of aromatic nitrogens is 2. The molecule has 1 aromatic carbocycles. The Balaban J connectivity index is 1.92. The predicted octanol–water partition coefficient (Wildman–Crippen LogP) is 1.29. The van der Waals surface area contributed by atoms with Gasteiger partial charge in [-0.2, -0.15) is 0 Å². The van der Waals surface area contributed by atoms with E-state index in [1.54, 1.807) is 6.92 Å². The number of hydrogen-bond acceptors (Lipinski definition) is 4. The van der Waals surface area contributed by atoms with Gasteiger partial charge in [0, 0.05) is 30.7 Å². The summed E-state index contributed by atoms with van der Waals surface area (Å²) in [6.07, 6.45) is 0.778. The van der Waals surface area contributed by atoms with Crippen molar-refractivity contribution in [1.29, 1.82) is 0 Å². The summed E-state index contributed by atoms with van der Waals surface area (Å²) in [5.41, 5.74) is 2.11. The van der Waals surface area contributed by atoms with Crippen molar-refractivity contribution in [2.24, 2.45) is 0 Å². The molecule has 1 aliphatic heterocycles. The van der Waals surface area contributed by atoms with Crippen LogP contribution in [-0.2, 0) is 12.8 Å². The van der Waals surface area contributed by atoms with Crippen LogP contribution < -0.4 is 10.3 Å². The molecule has 0 radical (unpaired) electrons. The van der Waals surface area contributed by atoms with E-state index in [2.05, 4.69) is 9.97 Å². The van der Waals surface area contributed by atoms with Crippen LogP contribution in [0.25, 0.3) is 0 Å². The molecule has 0 amide bonds. The second kappa shape index (κ2) is 5.09. The molecular formula is C15H16N2O3. The topological polar surface area (TPSA) is 75.2 Å². The van der Waals surface area contributed by atoms with E-state index < -0.39 is 0 Å². The van der Waals surface area contributed by atoms with Gasteiger partial charge >= 0.3 is 0 Å². The zero-order valence-electron chi connectivity index (χ0n) is 11.2. The predicted molar refractivity (Wildman–Crippen MR) is 73.9 cm³/mol. The molecule has 0 spiro atoms. The van der Waals surface area contributed by atoms with Crippen molar-refractivity contribution in [3.63, 3.8) is 0 Å². The molecule has 0 saturated carbocycles. The van der Waals surface area contributed by atoms with Gasteiger partial charge in [0.05, 0.1) is 0 Å². The molecule has 20 heavy (non-hydrogen) atoms. The van der Waals surface area contributed by atoms with E-state index in [1.165, 1.54) is 0 Å². The third-order valence-corrected chi connectivity index (χ3v) is 3.55. The van der Waals surface area contributed by atoms with Crippen LogP contribution in [0.5, 0.6) is 5.75 Å². The Morgan fingerprint density at radius 3 is 2.95 bits per heavy atom. The number of nitrogens with one attached hydrogen (secondary N) is 1. The normalized spacial score (nSPS) is 16.8.